The number of ketones is 1. The van der Waals surface area contributed by atoms with Gasteiger partial charge in [0.25, 0.3) is 0 Å². The molecule has 0 unspecified atom stereocenters. The first-order valence-electron chi connectivity index (χ1n) is 5.01. The van der Waals surface area contributed by atoms with Crippen LogP contribution in [0.25, 0.3) is 9.40 Å². The van der Waals surface area contributed by atoms with Crippen LogP contribution >= 0.6 is 45.3 Å². The number of rotatable bonds is 2. The molecule has 3 aromatic rings. The summed E-state index contributed by atoms with van der Waals surface area (Å²) in [5.74, 6) is 0.120. The third kappa shape index (κ3) is 2.17. The molecular weight excluding hydrogens is 363 g/mol. The second kappa shape index (κ2) is 4.51. The molecule has 1 nitrogen and oxygen atoms in total. The number of hydrogen-bond donors (Lipinski definition) is 0. The highest BCUT2D eigenvalue weighted by atomic mass is 127. The minimum Gasteiger partial charge on any atom is -0.288 e. The van der Waals surface area contributed by atoms with Gasteiger partial charge in [0, 0.05) is 18.5 Å². The van der Waals surface area contributed by atoms with Crippen LogP contribution < -0.4 is 0 Å². The third-order valence-corrected chi connectivity index (χ3v) is 5.28. The van der Waals surface area contributed by atoms with E-state index in [4.69, 9.17) is 0 Å². The Morgan fingerprint density at radius 2 is 1.82 bits per heavy atom. The Balaban J connectivity index is 2.01. The summed E-state index contributed by atoms with van der Waals surface area (Å²) in [6, 6.07) is 11.8. The van der Waals surface area contributed by atoms with E-state index in [-0.39, 0.29) is 5.78 Å². The normalized spacial score (nSPS) is 10.9. The lowest BCUT2D eigenvalue weighted by molar-refractivity contribution is 0.104. The molecule has 3 rings (SSSR count). The van der Waals surface area contributed by atoms with E-state index in [0.717, 1.165) is 14.0 Å². The maximum absolute atomic E-state index is 12.2. The van der Waals surface area contributed by atoms with E-state index < -0.39 is 0 Å². The van der Waals surface area contributed by atoms with Gasteiger partial charge in [-0.25, -0.2) is 0 Å². The number of halogens is 1. The minimum atomic E-state index is 0.120. The van der Waals surface area contributed by atoms with Gasteiger partial charge in [-0.1, -0.05) is 0 Å². The fraction of sp³-hybridized carbons (Fsp3) is 0. The second-order valence-corrected chi connectivity index (χ2v) is 6.87. The van der Waals surface area contributed by atoms with Gasteiger partial charge in [0.1, 0.15) is 0 Å². The number of benzene rings is 1. The van der Waals surface area contributed by atoms with E-state index in [9.17, 15) is 4.79 Å². The number of hydrogen-bond acceptors (Lipinski definition) is 3. The Labute approximate surface area is 120 Å². The summed E-state index contributed by atoms with van der Waals surface area (Å²) in [7, 11) is 0. The van der Waals surface area contributed by atoms with Crippen LogP contribution in [-0.2, 0) is 0 Å². The van der Waals surface area contributed by atoms with E-state index in [1.807, 2.05) is 30.3 Å². The number of carbonyl (C=O) groups excluding carboxylic acids is 1. The van der Waals surface area contributed by atoms with Gasteiger partial charge in [-0.3, -0.25) is 4.79 Å². The Morgan fingerprint density at radius 1 is 1.06 bits per heavy atom. The lowest BCUT2D eigenvalue weighted by atomic mass is 10.1. The Morgan fingerprint density at radius 3 is 2.53 bits per heavy atom. The lowest BCUT2D eigenvalue weighted by Crippen LogP contribution is -1.97. The van der Waals surface area contributed by atoms with Gasteiger partial charge >= 0.3 is 0 Å². The van der Waals surface area contributed by atoms with Crippen molar-refractivity contribution in [1.82, 2.24) is 0 Å². The van der Waals surface area contributed by atoms with Crippen LogP contribution in [0.2, 0.25) is 0 Å². The van der Waals surface area contributed by atoms with Gasteiger partial charge in [0.05, 0.1) is 4.88 Å². The van der Waals surface area contributed by atoms with Crippen LogP contribution in [0.5, 0.6) is 0 Å². The van der Waals surface area contributed by atoms with Gasteiger partial charge in [0.2, 0.25) is 5.78 Å². The van der Waals surface area contributed by atoms with E-state index >= 15 is 0 Å². The molecule has 1 aromatic carbocycles. The van der Waals surface area contributed by atoms with Gasteiger partial charge in [-0.15, -0.1) is 22.7 Å². The Kier molecular flexibility index (Phi) is 3.02. The number of thiophene rings is 2. The molecule has 17 heavy (non-hydrogen) atoms. The highest BCUT2D eigenvalue weighted by Gasteiger charge is 2.12. The molecule has 2 aromatic heterocycles. The van der Waals surface area contributed by atoms with E-state index in [0.29, 0.717) is 0 Å². The summed E-state index contributed by atoms with van der Waals surface area (Å²) in [5, 5.41) is 2.06. The van der Waals surface area contributed by atoms with E-state index in [1.165, 1.54) is 9.40 Å². The highest BCUT2D eigenvalue weighted by molar-refractivity contribution is 14.1. The minimum absolute atomic E-state index is 0.120. The maximum Gasteiger partial charge on any atom is 0.203 e. The van der Waals surface area contributed by atoms with E-state index in [2.05, 4.69) is 34.0 Å². The zero-order valence-corrected chi connectivity index (χ0v) is 12.4. The smallest absolute Gasteiger partial charge is 0.203 e. The molecule has 84 valence electrons. The van der Waals surface area contributed by atoms with Crippen molar-refractivity contribution in [2.75, 3.05) is 0 Å². The van der Waals surface area contributed by atoms with Gasteiger partial charge in [-0.05, 0) is 64.4 Å². The van der Waals surface area contributed by atoms with Crippen molar-refractivity contribution in [3.8, 4) is 0 Å². The molecule has 0 saturated carbocycles. The van der Waals surface area contributed by atoms with Gasteiger partial charge in [-0.2, -0.15) is 0 Å². The summed E-state index contributed by atoms with van der Waals surface area (Å²) < 4.78 is 3.54. The van der Waals surface area contributed by atoms with Crippen LogP contribution in [0.3, 0.4) is 0 Å². The Hall–Kier alpha value is -0.720. The van der Waals surface area contributed by atoms with Gasteiger partial charge in [0.15, 0.2) is 0 Å². The topological polar surface area (TPSA) is 17.1 Å². The third-order valence-electron chi connectivity index (χ3n) is 2.47. The van der Waals surface area contributed by atoms with E-state index in [1.54, 1.807) is 22.7 Å². The first kappa shape index (κ1) is 11.4. The van der Waals surface area contributed by atoms with Crippen molar-refractivity contribution in [1.29, 1.82) is 0 Å². The van der Waals surface area contributed by atoms with Gasteiger partial charge < -0.3 is 0 Å². The van der Waals surface area contributed by atoms with Crippen molar-refractivity contribution >= 4 is 60.4 Å². The molecule has 0 fully saturated rings. The average Bonchev–Trinajstić information content (AvgIpc) is 2.89. The fourth-order valence-electron chi connectivity index (χ4n) is 1.62. The molecular formula is C13H7IOS2. The highest BCUT2D eigenvalue weighted by Crippen LogP contribution is 2.31. The lowest BCUT2D eigenvalue weighted by Gasteiger charge is -1.97. The van der Waals surface area contributed by atoms with Crippen LogP contribution in [0.4, 0.5) is 0 Å². The molecule has 0 spiro atoms. The standard InChI is InChI=1S/C13H7IOS2/c14-9-3-1-8(2-4-9)13(15)12-7-11-10(17-12)5-6-16-11/h1-7H. The zero-order valence-electron chi connectivity index (χ0n) is 8.64. The summed E-state index contributed by atoms with van der Waals surface area (Å²) in [6.45, 7) is 0. The van der Waals surface area contributed by atoms with Crippen LogP contribution in [0, 0.1) is 3.57 Å². The molecule has 0 aliphatic heterocycles. The van der Waals surface area contributed by atoms with Crippen LogP contribution in [-0.4, -0.2) is 5.78 Å². The van der Waals surface area contributed by atoms with Crippen molar-refractivity contribution in [3.63, 3.8) is 0 Å². The van der Waals surface area contributed by atoms with Crippen LogP contribution in [0.15, 0.2) is 41.8 Å². The zero-order chi connectivity index (χ0) is 11.8. The summed E-state index contributed by atoms with van der Waals surface area (Å²) in [4.78, 5) is 13.1. The predicted molar refractivity (Wildman–Crippen MR) is 82.3 cm³/mol. The molecule has 4 heteroatoms. The number of fused-ring (bicyclic) bond motifs is 1. The molecule has 0 radical (unpaired) electrons. The largest absolute Gasteiger partial charge is 0.288 e. The molecule has 0 bridgehead atoms. The maximum atomic E-state index is 12.2. The molecule has 0 amide bonds. The molecule has 0 saturated heterocycles. The second-order valence-electron chi connectivity index (χ2n) is 3.60. The fourth-order valence-corrected chi connectivity index (χ4v) is 4.05. The molecule has 2 heterocycles. The molecule has 0 N–H and O–H groups in total. The van der Waals surface area contributed by atoms with Crippen molar-refractivity contribution in [3.05, 3.63) is 55.8 Å². The van der Waals surface area contributed by atoms with Crippen molar-refractivity contribution in [2.24, 2.45) is 0 Å². The first-order valence-corrected chi connectivity index (χ1v) is 7.79. The van der Waals surface area contributed by atoms with Crippen molar-refractivity contribution < 1.29 is 4.79 Å². The Bertz CT molecular complexity index is 650. The molecule has 0 aliphatic rings. The first-order chi connectivity index (χ1) is 8.24. The summed E-state index contributed by atoms with van der Waals surface area (Å²) >= 11 is 5.49. The predicted octanol–water partition coefficient (Wildman–Crippen LogP) is 4.80. The average molecular weight is 370 g/mol. The molecule has 0 aliphatic carbocycles. The summed E-state index contributed by atoms with van der Waals surface area (Å²) in [6.07, 6.45) is 0. The summed E-state index contributed by atoms with van der Waals surface area (Å²) in [5.41, 5.74) is 0.763. The quantitative estimate of drug-likeness (QED) is 0.468. The van der Waals surface area contributed by atoms with Crippen LogP contribution in [0.1, 0.15) is 15.2 Å². The van der Waals surface area contributed by atoms with Crippen molar-refractivity contribution in [2.45, 2.75) is 0 Å². The SMILES string of the molecule is O=C(c1ccc(I)cc1)c1cc2sccc2s1. The number of carbonyl (C=O) groups is 1. The molecule has 0 atom stereocenters. The monoisotopic (exact) mass is 370 g/mol.